The van der Waals surface area contributed by atoms with Crippen molar-refractivity contribution in [2.45, 2.75) is 44.9 Å². The third-order valence-corrected chi connectivity index (χ3v) is 7.30. The van der Waals surface area contributed by atoms with E-state index in [4.69, 9.17) is 0 Å². The lowest BCUT2D eigenvalue weighted by atomic mass is 9.49. The van der Waals surface area contributed by atoms with Crippen LogP contribution in [0.3, 0.4) is 0 Å². The monoisotopic (exact) mass is 405 g/mol. The number of nitrogens with zero attached hydrogens (tertiary/aromatic N) is 3. The number of amides is 1. The number of nitrogens with one attached hydrogen (secondary N) is 2. The summed E-state index contributed by atoms with van der Waals surface area (Å²) in [7, 11) is 3.95. The van der Waals surface area contributed by atoms with E-state index in [2.05, 4.69) is 20.8 Å². The smallest absolute Gasteiger partial charge is 0.224 e. The van der Waals surface area contributed by atoms with Crippen molar-refractivity contribution in [2.24, 2.45) is 23.2 Å². The standard InChI is InChI=1S/C24H31N5O/c1-29(2)21-10-22(28-25-15-21)26-19-3-5-20(6-4-19)27-23(30)14-24-11-16-7-17(12-24)9-18(8-16)13-24/h3-6,10,15-18H,7-9,11-14H2,1-2H3,(H,26,28)(H,27,30). The molecule has 6 heteroatoms. The highest BCUT2D eigenvalue weighted by Crippen LogP contribution is 2.61. The zero-order chi connectivity index (χ0) is 20.7. The van der Waals surface area contributed by atoms with E-state index < -0.39 is 0 Å². The fourth-order valence-electron chi connectivity index (χ4n) is 6.50. The lowest BCUT2D eigenvalue weighted by Crippen LogP contribution is -2.47. The highest BCUT2D eigenvalue weighted by atomic mass is 16.1. The minimum absolute atomic E-state index is 0.169. The largest absolute Gasteiger partial charge is 0.376 e. The van der Waals surface area contributed by atoms with Gasteiger partial charge in [-0.3, -0.25) is 4.79 Å². The Morgan fingerprint density at radius 3 is 2.23 bits per heavy atom. The summed E-state index contributed by atoms with van der Waals surface area (Å²) in [6.45, 7) is 0. The van der Waals surface area contributed by atoms with Crippen LogP contribution in [0.5, 0.6) is 0 Å². The molecular weight excluding hydrogens is 374 g/mol. The number of hydrogen-bond acceptors (Lipinski definition) is 5. The Kier molecular flexibility index (Phi) is 4.88. The van der Waals surface area contributed by atoms with Crippen molar-refractivity contribution in [3.05, 3.63) is 36.5 Å². The highest BCUT2D eigenvalue weighted by molar-refractivity contribution is 5.91. The Bertz CT molecular complexity index is 888. The minimum Gasteiger partial charge on any atom is -0.376 e. The van der Waals surface area contributed by atoms with E-state index in [0.717, 1.165) is 34.8 Å². The Balaban J connectivity index is 1.19. The molecule has 1 amide bonds. The first-order valence-electron chi connectivity index (χ1n) is 11.1. The van der Waals surface area contributed by atoms with E-state index in [9.17, 15) is 4.79 Å². The molecule has 0 saturated heterocycles. The first-order valence-corrected chi connectivity index (χ1v) is 11.1. The first kappa shape index (κ1) is 19.3. The maximum absolute atomic E-state index is 12.8. The van der Waals surface area contributed by atoms with Gasteiger partial charge in [0.15, 0.2) is 5.82 Å². The van der Waals surface area contributed by atoms with Crippen LogP contribution in [-0.4, -0.2) is 30.2 Å². The van der Waals surface area contributed by atoms with Crippen molar-refractivity contribution >= 4 is 28.8 Å². The van der Waals surface area contributed by atoms with E-state index in [1.807, 2.05) is 49.3 Å². The number of hydrogen-bond donors (Lipinski definition) is 2. The van der Waals surface area contributed by atoms with Gasteiger partial charge in [-0.15, -0.1) is 5.10 Å². The van der Waals surface area contributed by atoms with Gasteiger partial charge < -0.3 is 15.5 Å². The number of aromatic nitrogens is 2. The zero-order valence-electron chi connectivity index (χ0n) is 17.9. The Morgan fingerprint density at radius 2 is 1.63 bits per heavy atom. The van der Waals surface area contributed by atoms with E-state index in [1.54, 1.807) is 6.20 Å². The molecule has 1 aromatic carbocycles. The molecule has 2 N–H and O–H groups in total. The molecule has 6 nitrogen and oxygen atoms in total. The van der Waals surface area contributed by atoms with Gasteiger partial charge in [-0.25, -0.2) is 0 Å². The van der Waals surface area contributed by atoms with Crippen LogP contribution in [0, 0.1) is 23.2 Å². The average Bonchev–Trinajstić information content (AvgIpc) is 2.68. The lowest BCUT2D eigenvalue weighted by Gasteiger charge is -2.56. The van der Waals surface area contributed by atoms with Crippen LogP contribution in [0.25, 0.3) is 0 Å². The predicted molar refractivity (Wildman–Crippen MR) is 120 cm³/mol. The second-order valence-electron chi connectivity index (χ2n) is 10.0. The molecule has 1 aromatic heterocycles. The van der Waals surface area contributed by atoms with Gasteiger partial charge in [0.25, 0.3) is 0 Å². The normalized spacial score (nSPS) is 28.9. The van der Waals surface area contributed by atoms with Crippen LogP contribution >= 0.6 is 0 Å². The van der Waals surface area contributed by atoms with Crippen LogP contribution in [0.2, 0.25) is 0 Å². The van der Waals surface area contributed by atoms with Crippen molar-refractivity contribution in [1.29, 1.82) is 0 Å². The van der Waals surface area contributed by atoms with E-state index in [-0.39, 0.29) is 11.3 Å². The molecule has 0 aliphatic heterocycles. The van der Waals surface area contributed by atoms with E-state index in [0.29, 0.717) is 12.2 Å². The van der Waals surface area contributed by atoms with Crippen LogP contribution in [0.1, 0.15) is 44.9 Å². The fraction of sp³-hybridized carbons (Fsp3) is 0.542. The van der Waals surface area contributed by atoms with E-state index in [1.165, 1.54) is 38.5 Å². The highest BCUT2D eigenvalue weighted by Gasteiger charge is 2.51. The molecule has 6 rings (SSSR count). The van der Waals surface area contributed by atoms with Crippen LogP contribution in [-0.2, 0) is 4.79 Å². The maximum atomic E-state index is 12.8. The molecular formula is C24H31N5O. The van der Waals surface area contributed by atoms with E-state index >= 15 is 0 Å². The topological polar surface area (TPSA) is 70.2 Å². The van der Waals surface area contributed by atoms with Gasteiger partial charge in [0.2, 0.25) is 5.91 Å². The third-order valence-electron chi connectivity index (χ3n) is 7.30. The summed E-state index contributed by atoms with van der Waals surface area (Å²) in [6, 6.07) is 9.77. The van der Waals surface area contributed by atoms with Gasteiger partial charge in [0, 0.05) is 38.0 Å². The number of benzene rings is 1. The van der Waals surface area contributed by atoms with Crippen molar-refractivity contribution < 1.29 is 4.79 Å². The van der Waals surface area contributed by atoms with Crippen molar-refractivity contribution in [3.8, 4) is 0 Å². The molecule has 4 saturated carbocycles. The SMILES string of the molecule is CN(C)c1cnnc(Nc2ccc(NC(=O)CC34CC5CC(CC(C5)C3)C4)cc2)c1. The molecule has 2 aromatic rings. The second kappa shape index (κ2) is 7.56. The molecule has 0 atom stereocenters. The Morgan fingerprint density at radius 1 is 1.03 bits per heavy atom. The average molecular weight is 406 g/mol. The summed E-state index contributed by atoms with van der Waals surface area (Å²) in [5.41, 5.74) is 3.03. The summed E-state index contributed by atoms with van der Waals surface area (Å²) in [5, 5.41) is 14.6. The Labute approximate surface area is 178 Å². The first-order chi connectivity index (χ1) is 14.5. The molecule has 30 heavy (non-hydrogen) atoms. The van der Waals surface area contributed by atoms with Gasteiger partial charge in [-0.05, 0) is 86.0 Å². The Hall–Kier alpha value is -2.63. The molecule has 0 radical (unpaired) electrons. The van der Waals surface area contributed by atoms with Gasteiger partial charge in [0.1, 0.15) is 0 Å². The quantitative estimate of drug-likeness (QED) is 0.720. The number of anilines is 4. The van der Waals surface area contributed by atoms with Gasteiger partial charge in [0.05, 0.1) is 11.9 Å². The fourth-order valence-corrected chi connectivity index (χ4v) is 6.50. The van der Waals surface area contributed by atoms with Gasteiger partial charge in [-0.1, -0.05) is 0 Å². The molecule has 4 fully saturated rings. The van der Waals surface area contributed by atoms with Crippen molar-refractivity contribution in [1.82, 2.24) is 10.2 Å². The number of carbonyl (C=O) groups excluding carboxylic acids is 1. The molecule has 4 aliphatic carbocycles. The summed E-state index contributed by atoms with van der Waals surface area (Å²) in [5.74, 6) is 3.50. The summed E-state index contributed by atoms with van der Waals surface area (Å²) in [6.07, 6.45) is 10.5. The maximum Gasteiger partial charge on any atom is 0.224 e. The number of carbonyl (C=O) groups is 1. The number of rotatable bonds is 6. The van der Waals surface area contributed by atoms with Gasteiger partial charge >= 0.3 is 0 Å². The summed E-state index contributed by atoms with van der Waals surface area (Å²) < 4.78 is 0. The molecule has 4 aliphatic rings. The second-order valence-corrected chi connectivity index (χ2v) is 10.0. The van der Waals surface area contributed by atoms with Gasteiger partial charge in [-0.2, -0.15) is 5.10 Å². The van der Waals surface area contributed by atoms with Crippen LogP contribution in [0.15, 0.2) is 36.5 Å². The summed E-state index contributed by atoms with van der Waals surface area (Å²) in [4.78, 5) is 14.8. The molecule has 158 valence electrons. The molecule has 1 heterocycles. The predicted octanol–water partition coefficient (Wildman–Crippen LogP) is 4.83. The van der Waals surface area contributed by atoms with Crippen LogP contribution in [0.4, 0.5) is 22.9 Å². The van der Waals surface area contributed by atoms with Crippen molar-refractivity contribution in [3.63, 3.8) is 0 Å². The summed E-state index contributed by atoms with van der Waals surface area (Å²) >= 11 is 0. The van der Waals surface area contributed by atoms with Crippen LogP contribution < -0.4 is 15.5 Å². The van der Waals surface area contributed by atoms with Crippen molar-refractivity contribution in [2.75, 3.05) is 29.6 Å². The third kappa shape index (κ3) is 4.00. The minimum atomic E-state index is 0.169. The molecule has 4 bridgehead atoms. The molecule has 0 unspecified atom stereocenters. The molecule has 0 spiro atoms. The zero-order valence-corrected chi connectivity index (χ0v) is 17.9. The lowest BCUT2D eigenvalue weighted by molar-refractivity contribution is -0.124.